The molecule has 1 aromatic heterocycles. The van der Waals surface area contributed by atoms with E-state index in [9.17, 15) is 4.79 Å². The first-order valence-electron chi connectivity index (χ1n) is 5.18. The predicted molar refractivity (Wildman–Crippen MR) is 61.3 cm³/mol. The summed E-state index contributed by atoms with van der Waals surface area (Å²) in [6.45, 7) is 3.64. The molecule has 0 bridgehead atoms. The topological polar surface area (TPSA) is 96.3 Å². The van der Waals surface area contributed by atoms with Crippen molar-refractivity contribution in [2.45, 2.75) is 13.3 Å². The van der Waals surface area contributed by atoms with Crippen LogP contribution in [0.2, 0.25) is 0 Å². The Balaban J connectivity index is 2.16. The van der Waals surface area contributed by atoms with Crippen molar-refractivity contribution in [2.24, 2.45) is 0 Å². The number of fused-ring (bicyclic) bond motifs is 1. The first-order chi connectivity index (χ1) is 7.72. The van der Waals surface area contributed by atoms with Gasteiger partial charge in [-0.3, -0.25) is 9.78 Å². The minimum Gasteiger partial charge on any atom is -0.369 e. The molecule has 2 rings (SSSR count). The maximum Gasteiger partial charge on any atom is 0.277 e. The highest BCUT2D eigenvalue weighted by atomic mass is 16.5. The summed E-state index contributed by atoms with van der Waals surface area (Å²) in [5.74, 6) is 0.672. The number of hydrogen-bond acceptors (Lipinski definition) is 6. The van der Waals surface area contributed by atoms with Gasteiger partial charge in [0.15, 0.2) is 5.82 Å². The number of nitrogen functional groups attached to an aromatic ring is 1. The second kappa shape index (κ2) is 4.40. The third-order valence-electron chi connectivity index (χ3n) is 2.26. The van der Waals surface area contributed by atoms with Crippen molar-refractivity contribution in [3.63, 3.8) is 0 Å². The number of aromatic amines is 1. The summed E-state index contributed by atoms with van der Waals surface area (Å²) >= 11 is 0. The monoisotopic (exact) mass is 225 g/mol. The summed E-state index contributed by atoms with van der Waals surface area (Å²) in [6, 6.07) is 0. The molecule has 0 radical (unpaired) electrons. The molecule has 0 aromatic carbocycles. The summed E-state index contributed by atoms with van der Waals surface area (Å²) in [5, 5.41) is 2.96. The highest BCUT2D eigenvalue weighted by molar-refractivity contribution is 5.70. The molecule has 0 unspecified atom stereocenters. The minimum atomic E-state index is -0.250. The maximum atomic E-state index is 11.5. The van der Waals surface area contributed by atoms with Crippen molar-refractivity contribution in [3.05, 3.63) is 10.4 Å². The van der Waals surface area contributed by atoms with Crippen molar-refractivity contribution in [1.82, 2.24) is 9.97 Å². The zero-order valence-electron chi connectivity index (χ0n) is 9.12. The molecule has 0 aliphatic carbocycles. The summed E-state index contributed by atoms with van der Waals surface area (Å²) in [6.07, 6.45) is 0.957. The molecular weight excluding hydrogens is 210 g/mol. The van der Waals surface area contributed by atoms with E-state index < -0.39 is 0 Å². The van der Waals surface area contributed by atoms with Crippen LogP contribution < -0.4 is 21.5 Å². The third-order valence-corrected chi connectivity index (χ3v) is 2.26. The number of ether oxygens (including phenoxy) is 1. The summed E-state index contributed by atoms with van der Waals surface area (Å²) in [7, 11) is 0. The quantitative estimate of drug-likeness (QED) is 0.620. The van der Waals surface area contributed by atoms with Crippen LogP contribution in [0.3, 0.4) is 0 Å². The van der Waals surface area contributed by atoms with Crippen LogP contribution in [0.1, 0.15) is 13.3 Å². The Hall–Kier alpha value is -1.76. The molecule has 4 N–H and O–H groups in total. The third kappa shape index (κ3) is 1.94. The highest BCUT2D eigenvalue weighted by Crippen LogP contribution is 2.24. The van der Waals surface area contributed by atoms with Crippen LogP contribution >= 0.6 is 0 Å². The van der Waals surface area contributed by atoms with Crippen LogP contribution in [0.4, 0.5) is 17.5 Å². The van der Waals surface area contributed by atoms with Crippen molar-refractivity contribution < 1.29 is 4.74 Å². The normalized spacial score (nSPS) is 13.7. The number of H-pyrrole nitrogens is 1. The van der Waals surface area contributed by atoms with Crippen molar-refractivity contribution >= 4 is 17.5 Å². The molecule has 7 nitrogen and oxygen atoms in total. The van der Waals surface area contributed by atoms with E-state index in [2.05, 4.69) is 15.3 Å². The lowest BCUT2D eigenvalue weighted by Gasteiger charge is -2.16. The van der Waals surface area contributed by atoms with E-state index in [1.165, 1.54) is 0 Å². The number of nitrogens with one attached hydrogen (secondary N) is 2. The molecule has 0 amide bonds. The van der Waals surface area contributed by atoms with Crippen molar-refractivity contribution in [1.29, 1.82) is 0 Å². The molecule has 1 aromatic rings. The van der Waals surface area contributed by atoms with Gasteiger partial charge < -0.3 is 20.7 Å². The van der Waals surface area contributed by atoms with Gasteiger partial charge in [-0.1, -0.05) is 6.92 Å². The number of rotatable bonds is 4. The average Bonchev–Trinajstić information content (AvgIpc) is 2.62. The number of nitrogens with zero attached hydrogens (tertiary/aromatic N) is 2. The fourth-order valence-corrected chi connectivity index (χ4v) is 1.54. The number of anilines is 3. The zero-order valence-corrected chi connectivity index (χ0v) is 9.12. The van der Waals surface area contributed by atoms with Crippen molar-refractivity contribution in [3.8, 4) is 0 Å². The molecule has 1 aliphatic heterocycles. The Kier molecular flexibility index (Phi) is 2.95. The average molecular weight is 225 g/mol. The van der Waals surface area contributed by atoms with Gasteiger partial charge in [-0.05, 0) is 6.42 Å². The summed E-state index contributed by atoms with van der Waals surface area (Å²) < 4.78 is 5.40. The fourth-order valence-electron chi connectivity index (χ4n) is 1.54. The van der Waals surface area contributed by atoms with Gasteiger partial charge >= 0.3 is 0 Å². The minimum absolute atomic E-state index is 0.118. The van der Waals surface area contributed by atoms with E-state index in [4.69, 9.17) is 10.5 Å². The van der Waals surface area contributed by atoms with Gasteiger partial charge in [-0.25, -0.2) is 0 Å². The fraction of sp³-hybridized carbons (Fsp3) is 0.556. The van der Waals surface area contributed by atoms with Gasteiger partial charge in [0.25, 0.3) is 5.56 Å². The van der Waals surface area contributed by atoms with Crippen molar-refractivity contribution in [2.75, 3.05) is 36.0 Å². The molecule has 0 saturated carbocycles. The lowest BCUT2D eigenvalue weighted by Crippen LogP contribution is -2.26. The van der Waals surface area contributed by atoms with Crippen LogP contribution in [0.15, 0.2) is 4.79 Å². The summed E-state index contributed by atoms with van der Waals surface area (Å²) in [5.41, 5.74) is 5.69. The van der Waals surface area contributed by atoms with E-state index >= 15 is 0 Å². The molecular formula is C9H15N5O2. The van der Waals surface area contributed by atoms with Crippen LogP contribution in [0.25, 0.3) is 0 Å². The standard InChI is InChI=1S/C9H15N5O2/c1-2-3-16-5-14-4-11-6-7(14)12-9(10)13-8(6)15/h11H,2-5H2,1H3,(H3,10,12,13,15). The van der Waals surface area contributed by atoms with E-state index in [0.717, 1.165) is 6.42 Å². The molecule has 2 heterocycles. The van der Waals surface area contributed by atoms with Crippen LogP contribution in [-0.2, 0) is 4.74 Å². The van der Waals surface area contributed by atoms with E-state index in [1.807, 2.05) is 11.8 Å². The van der Waals surface area contributed by atoms with E-state index in [0.29, 0.717) is 31.5 Å². The Morgan fingerprint density at radius 2 is 2.44 bits per heavy atom. The first kappa shape index (κ1) is 10.7. The smallest absolute Gasteiger partial charge is 0.277 e. The van der Waals surface area contributed by atoms with Gasteiger partial charge in [-0.15, -0.1) is 0 Å². The second-order valence-corrected chi connectivity index (χ2v) is 3.56. The van der Waals surface area contributed by atoms with Gasteiger partial charge in [0.1, 0.15) is 12.4 Å². The predicted octanol–water partition coefficient (Wildman–Crippen LogP) is -0.0744. The molecule has 7 heteroatoms. The van der Waals surface area contributed by atoms with E-state index in [1.54, 1.807) is 0 Å². The van der Waals surface area contributed by atoms with Crippen LogP contribution in [0, 0.1) is 0 Å². The van der Waals surface area contributed by atoms with E-state index in [-0.39, 0.29) is 11.5 Å². The summed E-state index contributed by atoms with van der Waals surface area (Å²) in [4.78, 5) is 19.9. The molecule has 0 fully saturated rings. The SMILES string of the molecule is CCCOCN1CNc2c1nc(N)[nH]c2=O. The number of nitrogens with two attached hydrogens (primary N) is 1. The molecule has 16 heavy (non-hydrogen) atoms. The number of hydrogen-bond donors (Lipinski definition) is 3. The van der Waals surface area contributed by atoms with Crippen LogP contribution in [-0.4, -0.2) is 30.0 Å². The largest absolute Gasteiger partial charge is 0.369 e. The van der Waals surface area contributed by atoms with Gasteiger partial charge in [0.05, 0.1) is 6.67 Å². The Labute approximate surface area is 92.6 Å². The molecule has 0 saturated heterocycles. The lowest BCUT2D eigenvalue weighted by molar-refractivity contribution is 0.136. The Morgan fingerprint density at radius 3 is 3.19 bits per heavy atom. The van der Waals surface area contributed by atoms with Gasteiger partial charge in [0.2, 0.25) is 5.95 Å². The Morgan fingerprint density at radius 1 is 1.62 bits per heavy atom. The first-order valence-corrected chi connectivity index (χ1v) is 5.18. The highest BCUT2D eigenvalue weighted by Gasteiger charge is 2.23. The van der Waals surface area contributed by atoms with Crippen LogP contribution in [0.5, 0.6) is 0 Å². The zero-order chi connectivity index (χ0) is 11.5. The van der Waals surface area contributed by atoms with Gasteiger partial charge in [0, 0.05) is 6.61 Å². The molecule has 1 aliphatic rings. The molecule has 88 valence electrons. The number of aromatic nitrogens is 2. The molecule has 0 spiro atoms. The maximum absolute atomic E-state index is 11.5. The lowest BCUT2D eigenvalue weighted by atomic mass is 10.5. The van der Waals surface area contributed by atoms with Gasteiger partial charge in [-0.2, -0.15) is 4.98 Å². The molecule has 0 atom stereocenters. The Bertz CT molecular complexity index is 430. The second-order valence-electron chi connectivity index (χ2n) is 3.56.